The standard InChI is InChI=1S/C21H22N4O5S/c1-13-18(20(27)24-21(28)22-13)31(29,30)25-11-5-8-15(12-25)19(26)23-17-10-4-7-14-6-2-3-9-16(14)17/h2-4,6-7,9-10,15H,5,8,11-12H2,1H3,(H,23,26)(H2,22,24,27,28). The van der Waals surface area contributed by atoms with E-state index in [1.807, 2.05) is 41.4 Å². The molecule has 0 saturated carbocycles. The van der Waals surface area contributed by atoms with Crippen molar-refractivity contribution in [2.75, 3.05) is 18.4 Å². The number of nitrogens with zero attached hydrogens (tertiary/aromatic N) is 1. The van der Waals surface area contributed by atoms with E-state index < -0.39 is 32.1 Å². The van der Waals surface area contributed by atoms with Crippen LogP contribution in [0.15, 0.2) is 56.9 Å². The van der Waals surface area contributed by atoms with Crippen molar-refractivity contribution in [3.8, 4) is 0 Å². The van der Waals surface area contributed by atoms with E-state index in [2.05, 4.69) is 10.3 Å². The second-order valence-electron chi connectivity index (χ2n) is 7.58. The zero-order chi connectivity index (χ0) is 22.2. The molecule has 9 nitrogen and oxygen atoms in total. The van der Waals surface area contributed by atoms with Gasteiger partial charge in [0.05, 0.1) is 5.92 Å². The molecule has 2 aromatic carbocycles. The lowest BCUT2D eigenvalue weighted by Crippen LogP contribution is -2.45. The van der Waals surface area contributed by atoms with Crippen LogP contribution in [0.4, 0.5) is 5.69 Å². The molecular formula is C21H22N4O5S. The van der Waals surface area contributed by atoms with Crippen molar-refractivity contribution in [2.45, 2.75) is 24.7 Å². The summed E-state index contributed by atoms with van der Waals surface area (Å²) in [4.78, 5) is 40.3. The van der Waals surface area contributed by atoms with Gasteiger partial charge in [-0.25, -0.2) is 13.2 Å². The van der Waals surface area contributed by atoms with Crippen LogP contribution in [0.25, 0.3) is 10.8 Å². The molecule has 1 aliphatic heterocycles. The van der Waals surface area contributed by atoms with Gasteiger partial charge in [-0.2, -0.15) is 4.31 Å². The Morgan fingerprint density at radius 1 is 1.10 bits per heavy atom. The number of benzene rings is 2. The number of aromatic amines is 2. The van der Waals surface area contributed by atoms with E-state index in [0.717, 1.165) is 15.1 Å². The van der Waals surface area contributed by atoms with Gasteiger partial charge < -0.3 is 10.3 Å². The first-order valence-corrected chi connectivity index (χ1v) is 11.3. The molecule has 1 unspecified atom stereocenters. The molecular weight excluding hydrogens is 420 g/mol. The number of aromatic nitrogens is 2. The minimum atomic E-state index is -4.17. The number of rotatable bonds is 4. The Bertz CT molecular complexity index is 1370. The van der Waals surface area contributed by atoms with Gasteiger partial charge >= 0.3 is 5.69 Å². The molecule has 1 aromatic heterocycles. The molecule has 10 heteroatoms. The number of hydrogen-bond acceptors (Lipinski definition) is 5. The van der Waals surface area contributed by atoms with E-state index in [4.69, 9.17) is 0 Å². The fraction of sp³-hybridized carbons (Fsp3) is 0.286. The summed E-state index contributed by atoms with van der Waals surface area (Å²) in [5.41, 5.74) is -1.11. The van der Waals surface area contributed by atoms with Crippen LogP contribution >= 0.6 is 0 Å². The Morgan fingerprint density at radius 3 is 2.61 bits per heavy atom. The molecule has 0 aliphatic carbocycles. The van der Waals surface area contributed by atoms with E-state index in [1.54, 1.807) is 6.07 Å². The highest BCUT2D eigenvalue weighted by atomic mass is 32.2. The van der Waals surface area contributed by atoms with Gasteiger partial charge in [-0.05, 0) is 31.2 Å². The number of piperidine rings is 1. The number of sulfonamides is 1. The molecule has 1 fully saturated rings. The number of carbonyl (C=O) groups excluding carboxylic acids is 1. The maximum Gasteiger partial charge on any atom is 0.325 e. The SMILES string of the molecule is Cc1[nH]c(=O)[nH]c(=O)c1S(=O)(=O)N1CCCC(C(=O)Nc2cccc3ccccc23)C1. The number of aryl methyl sites for hydroxylation is 1. The van der Waals surface area contributed by atoms with Crippen molar-refractivity contribution in [1.29, 1.82) is 0 Å². The minimum absolute atomic E-state index is 0.0314. The minimum Gasteiger partial charge on any atom is -0.325 e. The van der Waals surface area contributed by atoms with Crippen LogP contribution in [0, 0.1) is 12.8 Å². The molecule has 3 N–H and O–H groups in total. The Morgan fingerprint density at radius 2 is 1.84 bits per heavy atom. The quantitative estimate of drug-likeness (QED) is 0.564. The monoisotopic (exact) mass is 442 g/mol. The van der Waals surface area contributed by atoms with E-state index in [0.29, 0.717) is 18.5 Å². The summed E-state index contributed by atoms with van der Waals surface area (Å²) in [5.74, 6) is -0.840. The summed E-state index contributed by atoms with van der Waals surface area (Å²) in [6, 6.07) is 13.3. The molecule has 0 spiro atoms. The van der Waals surface area contributed by atoms with Gasteiger partial charge in [-0.1, -0.05) is 36.4 Å². The predicted molar refractivity (Wildman–Crippen MR) is 116 cm³/mol. The van der Waals surface area contributed by atoms with Crippen LogP contribution in [0.3, 0.4) is 0 Å². The fourth-order valence-corrected chi connectivity index (χ4v) is 5.70. The molecule has 4 rings (SSSR count). The van der Waals surface area contributed by atoms with Crippen molar-refractivity contribution in [3.05, 3.63) is 69.0 Å². The van der Waals surface area contributed by atoms with Crippen LogP contribution in [0.2, 0.25) is 0 Å². The van der Waals surface area contributed by atoms with Crippen LogP contribution in [-0.4, -0.2) is 41.7 Å². The molecule has 1 atom stereocenters. The molecule has 3 aromatic rings. The molecule has 0 radical (unpaired) electrons. The summed E-state index contributed by atoms with van der Waals surface area (Å²) in [5, 5.41) is 4.81. The largest absolute Gasteiger partial charge is 0.325 e. The van der Waals surface area contributed by atoms with E-state index in [1.165, 1.54) is 6.92 Å². The molecule has 1 saturated heterocycles. The third-order valence-corrected chi connectivity index (χ3v) is 7.49. The van der Waals surface area contributed by atoms with Gasteiger partial charge in [0.15, 0.2) is 4.90 Å². The smallest absolute Gasteiger partial charge is 0.325 e. The van der Waals surface area contributed by atoms with Crippen LogP contribution in [0.1, 0.15) is 18.5 Å². The van der Waals surface area contributed by atoms with Gasteiger partial charge in [-0.15, -0.1) is 0 Å². The van der Waals surface area contributed by atoms with Crippen molar-refractivity contribution in [2.24, 2.45) is 5.92 Å². The zero-order valence-electron chi connectivity index (χ0n) is 16.8. The fourth-order valence-electron chi connectivity index (χ4n) is 3.97. The topological polar surface area (TPSA) is 132 Å². The molecule has 31 heavy (non-hydrogen) atoms. The van der Waals surface area contributed by atoms with Gasteiger partial charge in [0.1, 0.15) is 0 Å². The van der Waals surface area contributed by atoms with Crippen LogP contribution in [0.5, 0.6) is 0 Å². The number of amides is 1. The third kappa shape index (κ3) is 4.04. The van der Waals surface area contributed by atoms with Gasteiger partial charge in [0.25, 0.3) is 5.56 Å². The lowest BCUT2D eigenvalue weighted by molar-refractivity contribution is -0.120. The molecule has 0 bridgehead atoms. The Labute approximate surface area is 178 Å². The summed E-state index contributed by atoms with van der Waals surface area (Å²) < 4.78 is 27.3. The van der Waals surface area contributed by atoms with Gasteiger partial charge in [0, 0.05) is 29.9 Å². The van der Waals surface area contributed by atoms with E-state index in [9.17, 15) is 22.8 Å². The van der Waals surface area contributed by atoms with Gasteiger partial charge in [-0.3, -0.25) is 14.6 Å². The van der Waals surface area contributed by atoms with E-state index >= 15 is 0 Å². The average Bonchev–Trinajstić information content (AvgIpc) is 2.73. The maximum absolute atomic E-state index is 13.1. The number of carbonyl (C=O) groups is 1. The number of anilines is 1. The number of fused-ring (bicyclic) bond motifs is 1. The summed E-state index contributed by atoms with van der Waals surface area (Å²) >= 11 is 0. The number of nitrogens with one attached hydrogen (secondary N) is 3. The summed E-state index contributed by atoms with van der Waals surface area (Å²) in [7, 11) is -4.17. The predicted octanol–water partition coefficient (Wildman–Crippen LogP) is 1.56. The molecule has 1 aliphatic rings. The molecule has 162 valence electrons. The van der Waals surface area contributed by atoms with Gasteiger partial charge in [0.2, 0.25) is 15.9 Å². The number of H-pyrrole nitrogens is 2. The first kappa shape index (κ1) is 21.0. The Hall–Kier alpha value is -3.24. The summed E-state index contributed by atoms with van der Waals surface area (Å²) in [6.07, 6.45) is 1.01. The maximum atomic E-state index is 13.1. The molecule has 1 amide bonds. The highest BCUT2D eigenvalue weighted by molar-refractivity contribution is 7.89. The Kier molecular flexibility index (Phi) is 5.50. The van der Waals surface area contributed by atoms with Crippen molar-refractivity contribution in [3.63, 3.8) is 0 Å². The van der Waals surface area contributed by atoms with Crippen LogP contribution < -0.4 is 16.6 Å². The first-order chi connectivity index (χ1) is 14.8. The van der Waals surface area contributed by atoms with E-state index in [-0.39, 0.29) is 24.7 Å². The van der Waals surface area contributed by atoms with Crippen molar-refractivity contribution in [1.82, 2.24) is 14.3 Å². The first-order valence-electron chi connectivity index (χ1n) is 9.89. The Balaban J connectivity index is 1.58. The average molecular weight is 442 g/mol. The highest BCUT2D eigenvalue weighted by Crippen LogP contribution is 2.27. The third-order valence-electron chi connectivity index (χ3n) is 5.48. The lowest BCUT2D eigenvalue weighted by atomic mass is 9.98. The highest BCUT2D eigenvalue weighted by Gasteiger charge is 2.36. The normalized spacial score (nSPS) is 17.5. The zero-order valence-corrected chi connectivity index (χ0v) is 17.7. The van der Waals surface area contributed by atoms with Crippen LogP contribution in [-0.2, 0) is 14.8 Å². The molecule has 2 heterocycles. The lowest BCUT2D eigenvalue weighted by Gasteiger charge is -2.31. The second-order valence-corrected chi connectivity index (χ2v) is 9.46. The van der Waals surface area contributed by atoms with Crippen molar-refractivity contribution < 1.29 is 13.2 Å². The second kappa shape index (κ2) is 8.12. The summed E-state index contributed by atoms with van der Waals surface area (Å²) in [6.45, 7) is 1.51. The van der Waals surface area contributed by atoms with Crippen molar-refractivity contribution >= 4 is 32.4 Å². The number of hydrogen-bond donors (Lipinski definition) is 3.